The van der Waals surface area contributed by atoms with Crippen LogP contribution in [0, 0.1) is 0 Å². The molecule has 1 aliphatic carbocycles. The maximum Gasteiger partial charge on any atom is 0.226 e. The summed E-state index contributed by atoms with van der Waals surface area (Å²) in [4.78, 5) is 11.0. The van der Waals surface area contributed by atoms with Gasteiger partial charge in [-0.1, -0.05) is 19.3 Å². The molecule has 3 rings (SSSR count). The lowest BCUT2D eigenvalue weighted by atomic mass is 9.94. The smallest absolute Gasteiger partial charge is 0.226 e. The lowest BCUT2D eigenvalue weighted by molar-refractivity contribution is 0.417. The predicted octanol–water partition coefficient (Wildman–Crippen LogP) is 3.17. The summed E-state index contributed by atoms with van der Waals surface area (Å²) < 4.78 is 0. The first-order valence-electron chi connectivity index (χ1n) is 6.93. The van der Waals surface area contributed by atoms with Crippen molar-refractivity contribution in [2.75, 3.05) is 11.4 Å². The number of nitrogens with one attached hydrogen (secondary N) is 1. The number of hydrogen-bond donors (Lipinski definition) is 1. The van der Waals surface area contributed by atoms with E-state index in [0.29, 0.717) is 11.7 Å². The Morgan fingerprint density at radius 2 is 2.11 bits per heavy atom. The molecule has 6 heteroatoms. The lowest BCUT2D eigenvalue weighted by Gasteiger charge is -2.34. The predicted molar refractivity (Wildman–Crippen MR) is 76.6 cm³/mol. The summed E-state index contributed by atoms with van der Waals surface area (Å²) in [6.45, 7) is 3.09. The monoisotopic (exact) mass is 279 g/mol. The summed E-state index contributed by atoms with van der Waals surface area (Å²) >= 11 is 6.02. The van der Waals surface area contributed by atoms with Gasteiger partial charge in [-0.25, -0.2) is 0 Å². The Morgan fingerprint density at radius 1 is 1.32 bits per heavy atom. The van der Waals surface area contributed by atoms with Gasteiger partial charge in [0.1, 0.15) is 5.82 Å². The van der Waals surface area contributed by atoms with E-state index in [-0.39, 0.29) is 5.28 Å². The Hall–Kier alpha value is -1.36. The molecule has 0 radical (unpaired) electrons. The van der Waals surface area contributed by atoms with E-state index in [1.807, 2.05) is 0 Å². The van der Waals surface area contributed by atoms with E-state index in [4.69, 9.17) is 11.6 Å². The second-order valence-electron chi connectivity index (χ2n) is 5.03. The Labute approximate surface area is 117 Å². The van der Waals surface area contributed by atoms with Crippen molar-refractivity contribution in [3.05, 3.63) is 11.5 Å². The van der Waals surface area contributed by atoms with Gasteiger partial charge in [-0.3, -0.25) is 5.10 Å². The topological polar surface area (TPSA) is 57.7 Å². The summed E-state index contributed by atoms with van der Waals surface area (Å²) in [6.07, 6.45) is 8.19. The molecule has 102 valence electrons. The number of H-pyrrole nitrogens is 1. The van der Waals surface area contributed by atoms with Gasteiger partial charge in [0.2, 0.25) is 5.28 Å². The average molecular weight is 280 g/mol. The fraction of sp³-hybridized carbons (Fsp3) is 0.615. The molecule has 0 bridgehead atoms. The number of fused-ring (bicyclic) bond motifs is 1. The van der Waals surface area contributed by atoms with Crippen molar-refractivity contribution in [2.45, 2.75) is 45.1 Å². The number of aromatic amines is 1. The van der Waals surface area contributed by atoms with Gasteiger partial charge >= 0.3 is 0 Å². The van der Waals surface area contributed by atoms with Gasteiger partial charge in [-0.15, -0.1) is 0 Å². The third-order valence-corrected chi connectivity index (χ3v) is 4.06. The van der Waals surface area contributed by atoms with Crippen LogP contribution in [0.25, 0.3) is 11.0 Å². The third kappa shape index (κ3) is 2.39. The standard InChI is InChI=1S/C13H18ClN5/c1-2-19(9-6-4-3-5-7-9)12-10-8-15-18-11(10)16-13(14)17-12/h8-9H,2-7H2,1H3,(H,15,16,17,18). The van der Waals surface area contributed by atoms with Crippen LogP contribution in [0.1, 0.15) is 39.0 Å². The maximum atomic E-state index is 6.02. The number of nitrogens with zero attached hydrogens (tertiary/aromatic N) is 4. The van der Waals surface area contributed by atoms with Crippen molar-refractivity contribution >= 4 is 28.5 Å². The molecule has 0 atom stereocenters. The van der Waals surface area contributed by atoms with E-state index in [2.05, 4.69) is 32.0 Å². The van der Waals surface area contributed by atoms with Gasteiger partial charge in [0.15, 0.2) is 5.65 Å². The maximum absolute atomic E-state index is 6.02. The second-order valence-corrected chi connectivity index (χ2v) is 5.36. The summed E-state index contributed by atoms with van der Waals surface area (Å²) in [5.41, 5.74) is 0.712. The zero-order valence-electron chi connectivity index (χ0n) is 11.1. The van der Waals surface area contributed by atoms with Crippen molar-refractivity contribution in [2.24, 2.45) is 0 Å². The molecule has 5 nitrogen and oxygen atoms in total. The van der Waals surface area contributed by atoms with E-state index in [0.717, 1.165) is 17.7 Å². The van der Waals surface area contributed by atoms with Crippen molar-refractivity contribution in [1.82, 2.24) is 20.2 Å². The summed E-state index contributed by atoms with van der Waals surface area (Å²) in [7, 11) is 0. The summed E-state index contributed by atoms with van der Waals surface area (Å²) in [5.74, 6) is 0.915. The molecule has 0 aromatic carbocycles. The van der Waals surface area contributed by atoms with Crippen LogP contribution >= 0.6 is 11.6 Å². The molecule has 2 aromatic heterocycles. The lowest BCUT2D eigenvalue weighted by Crippen LogP contribution is -2.37. The molecule has 0 saturated heterocycles. The summed E-state index contributed by atoms with van der Waals surface area (Å²) in [6, 6.07) is 0.558. The largest absolute Gasteiger partial charge is 0.353 e. The van der Waals surface area contributed by atoms with Crippen molar-refractivity contribution in [1.29, 1.82) is 0 Å². The first-order chi connectivity index (χ1) is 9.29. The molecule has 1 fully saturated rings. The van der Waals surface area contributed by atoms with Crippen molar-refractivity contribution in [3.8, 4) is 0 Å². The van der Waals surface area contributed by atoms with Gasteiger partial charge in [0.05, 0.1) is 11.6 Å². The Kier molecular flexibility index (Phi) is 3.55. The minimum atomic E-state index is 0.279. The molecule has 19 heavy (non-hydrogen) atoms. The van der Waals surface area contributed by atoms with Crippen LogP contribution in [0.2, 0.25) is 5.28 Å². The van der Waals surface area contributed by atoms with E-state index in [1.165, 1.54) is 32.1 Å². The van der Waals surface area contributed by atoms with Crippen LogP contribution < -0.4 is 4.90 Å². The van der Waals surface area contributed by atoms with E-state index in [1.54, 1.807) is 6.20 Å². The number of halogens is 1. The first kappa shape index (κ1) is 12.7. The first-order valence-corrected chi connectivity index (χ1v) is 7.30. The third-order valence-electron chi connectivity index (χ3n) is 3.89. The minimum Gasteiger partial charge on any atom is -0.353 e. The minimum absolute atomic E-state index is 0.279. The number of hydrogen-bond acceptors (Lipinski definition) is 4. The molecule has 1 aliphatic rings. The van der Waals surface area contributed by atoms with Crippen LogP contribution in [-0.4, -0.2) is 32.8 Å². The highest BCUT2D eigenvalue weighted by Gasteiger charge is 2.23. The van der Waals surface area contributed by atoms with Crippen LogP contribution in [-0.2, 0) is 0 Å². The quantitative estimate of drug-likeness (QED) is 0.877. The zero-order valence-corrected chi connectivity index (χ0v) is 11.8. The molecule has 0 aliphatic heterocycles. The Morgan fingerprint density at radius 3 is 2.84 bits per heavy atom. The molecular weight excluding hydrogens is 262 g/mol. The van der Waals surface area contributed by atoms with Crippen molar-refractivity contribution in [3.63, 3.8) is 0 Å². The van der Waals surface area contributed by atoms with Gasteiger partial charge in [-0.05, 0) is 31.4 Å². The summed E-state index contributed by atoms with van der Waals surface area (Å²) in [5, 5.41) is 8.16. The van der Waals surface area contributed by atoms with Gasteiger partial charge in [-0.2, -0.15) is 15.1 Å². The Bertz CT molecular complexity index is 561. The zero-order chi connectivity index (χ0) is 13.2. The molecular formula is C13H18ClN5. The number of aromatic nitrogens is 4. The average Bonchev–Trinajstić information content (AvgIpc) is 2.89. The molecule has 0 spiro atoms. The fourth-order valence-corrected chi connectivity index (χ4v) is 3.15. The highest BCUT2D eigenvalue weighted by molar-refractivity contribution is 6.28. The Balaban J connectivity index is 2.02. The second kappa shape index (κ2) is 5.33. The van der Waals surface area contributed by atoms with Crippen LogP contribution in [0.15, 0.2) is 6.20 Å². The van der Waals surface area contributed by atoms with Gasteiger partial charge in [0.25, 0.3) is 0 Å². The fourth-order valence-electron chi connectivity index (χ4n) is 2.99. The molecule has 0 unspecified atom stereocenters. The van der Waals surface area contributed by atoms with Gasteiger partial charge in [0, 0.05) is 12.6 Å². The molecule has 1 N–H and O–H groups in total. The van der Waals surface area contributed by atoms with Gasteiger partial charge < -0.3 is 4.90 Å². The number of rotatable bonds is 3. The van der Waals surface area contributed by atoms with Crippen LogP contribution in [0.3, 0.4) is 0 Å². The normalized spacial score (nSPS) is 16.9. The molecule has 0 amide bonds. The van der Waals surface area contributed by atoms with Crippen molar-refractivity contribution < 1.29 is 0 Å². The van der Waals surface area contributed by atoms with Crippen LogP contribution in [0.4, 0.5) is 5.82 Å². The number of anilines is 1. The van der Waals surface area contributed by atoms with E-state index < -0.39 is 0 Å². The SMILES string of the molecule is CCN(c1nc(Cl)nc2[nH]ncc12)C1CCCCC1. The van der Waals surface area contributed by atoms with E-state index in [9.17, 15) is 0 Å². The molecule has 2 heterocycles. The van der Waals surface area contributed by atoms with Crippen LogP contribution in [0.5, 0.6) is 0 Å². The molecule has 2 aromatic rings. The van der Waals surface area contributed by atoms with E-state index >= 15 is 0 Å². The highest BCUT2D eigenvalue weighted by atomic mass is 35.5. The highest BCUT2D eigenvalue weighted by Crippen LogP contribution is 2.30. The molecule has 1 saturated carbocycles.